The molecule has 3 rings (SSSR count). The highest BCUT2D eigenvalue weighted by Gasteiger charge is 2.10. The molecule has 0 fully saturated rings. The summed E-state index contributed by atoms with van der Waals surface area (Å²) in [4.78, 5) is 4.60. The van der Waals surface area contributed by atoms with Crippen molar-refractivity contribution in [3.05, 3.63) is 47.5 Å². The van der Waals surface area contributed by atoms with Gasteiger partial charge in [-0.2, -0.15) is 0 Å². The van der Waals surface area contributed by atoms with Gasteiger partial charge in [0.1, 0.15) is 5.52 Å². The third-order valence-electron chi connectivity index (χ3n) is 2.65. The van der Waals surface area contributed by atoms with E-state index in [1.54, 1.807) is 30.3 Å². The van der Waals surface area contributed by atoms with E-state index in [1.807, 2.05) is 0 Å². The number of nitrogens with zero attached hydrogens (tertiary/aromatic N) is 1. The number of halogens is 1. The van der Waals surface area contributed by atoms with Gasteiger partial charge >= 0.3 is 0 Å². The molecule has 0 amide bonds. The van der Waals surface area contributed by atoms with Crippen LogP contribution in [0.25, 0.3) is 22.6 Å². The third kappa shape index (κ3) is 2.40. The summed E-state index contributed by atoms with van der Waals surface area (Å²) < 4.78 is 25.6. The van der Waals surface area contributed by atoms with E-state index in [0.29, 0.717) is 26.9 Å². The summed E-state index contributed by atoms with van der Waals surface area (Å²) in [7, 11) is 0. The number of aromatic nitrogens is 1. The van der Waals surface area contributed by atoms with Gasteiger partial charge in [0.2, 0.25) is 5.89 Å². The Morgan fingerprint density at radius 2 is 1.89 bits per heavy atom. The summed E-state index contributed by atoms with van der Waals surface area (Å²) in [5, 5.41) is 0.637. The number of oxazole rings is 1. The third-order valence-corrected chi connectivity index (χ3v) is 3.56. The fourth-order valence-corrected chi connectivity index (χ4v) is 2.25. The zero-order valence-electron chi connectivity index (χ0n) is 9.54. The summed E-state index contributed by atoms with van der Waals surface area (Å²) >= 11 is 3.80. The lowest BCUT2D eigenvalue weighted by atomic mass is 10.2. The standard InChI is InChI=1S/C13H8ClNO3S/c14-9-3-1-8(2-4-9)13-15-11-7-10(19(16)17)5-6-12(11)18-13/h1-7H,(H,16,17). The Morgan fingerprint density at radius 3 is 2.58 bits per heavy atom. The summed E-state index contributed by atoms with van der Waals surface area (Å²) in [6.07, 6.45) is 0. The second kappa shape index (κ2) is 4.77. The van der Waals surface area contributed by atoms with Crippen molar-refractivity contribution in [1.82, 2.24) is 4.98 Å². The van der Waals surface area contributed by atoms with E-state index >= 15 is 0 Å². The van der Waals surface area contributed by atoms with Crippen LogP contribution < -0.4 is 0 Å². The Hall–Kier alpha value is -1.69. The van der Waals surface area contributed by atoms with Crippen LogP contribution in [0.15, 0.2) is 51.8 Å². The Balaban J connectivity index is 2.11. The molecule has 96 valence electrons. The second-order valence-electron chi connectivity index (χ2n) is 3.90. The number of hydrogen-bond acceptors (Lipinski definition) is 3. The summed E-state index contributed by atoms with van der Waals surface area (Å²) in [6.45, 7) is 0. The molecule has 0 spiro atoms. The zero-order valence-corrected chi connectivity index (χ0v) is 11.1. The molecule has 0 aliphatic heterocycles. The van der Waals surface area contributed by atoms with E-state index in [2.05, 4.69) is 4.98 Å². The molecule has 1 atom stereocenters. The van der Waals surface area contributed by atoms with Crippen molar-refractivity contribution in [2.45, 2.75) is 4.90 Å². The van der Waals surface area contributed by atoms with Gasteiger partial charge < -0.3 is 8.97 Å². The van der Waals surface area contributed by atoms with Crippen LogP contribution in [0, 0.1) is 0 Å². The highest BCUT2D eigenvalue weighted by atomic mass is 35.5. The van der Waals surface area contributed by atoms with Gasteiger partial charge in [0.15, 0.2) is 16.7 Å². The summed E-state index contributed by atoms with van der Waals surface area (Å²) in [6, 6.07) is 11.8. The SMILES string of the molecule is O=S(O)c1ccc2oc(-c3ccc(Cl)cc3)nc2c1. The molecule has 1 heterocycles. The van der Waals surface area contributed by atoms with E-state index in [-0.39, 0.29) is 0 Å². The van der Waals surface area contributed by atoms with Crippen LogP contribution in [0.4, 0.5) is 0 Å². The molecule has 0 saturated carbocycles. The van der Waals surface area contributed by atoms with E-state index in [4.69, 9.17) is 20.6 Å². The van der Waals surface area contributed by atoms with E-state index in [9.17, 15) is 4.21 Å². The van der Waals surface area contributed by atoms with Crippen LogP contribution in [0.3, 0.4) is 0 Å². The zero-order chi connectivity index (χ0) is 13.4. The average Bonchev–Trinajstić information content (AvgIpc) is 2.82. The average molecular weight is 294 g/mol. The highest BCUT2D eigenvalue weighted by Crippen LogP contribution is 2.26. The lowest BCUT2D eigenvalue weighted by Crippen LogP contribution is -1.86. The van der Waals surface area contributed by atoms with E-state index in [0.717, 1.165) is 5.56 Å². The lowest BCUT2D eigenvalue weighted by molar-refractivity contribution is 0.564. The fraction of sp³-hybridized carbons (Fsp3) is 0. The molecule has 0 radical (unpaired) electrons. The van der Waals surface area contributed by atoms with Crippen LogP contribution in [-0.4, -0.2) is 13.7 Å². The Kier molecular flexibility index (Phi) is 3.10. The van der Waals surface area contributed by atoms with Crippen molar-refractivity contribution < 1.29 is 13.2 Å². The number of benzene rings is 2. The van der Waals surface area contributed by atoms with Crippen LogP contribution in [0.5, 0.6) is 0 Å². The molecule has 2 aromatic carbocycles. The molecule has 6 heteroatoms. The predicted molar refractivity (Wildman–Crippen MR) is 73.5 cm³/mol. The van der Waals surface area contributed by atoms with E-state index < -0.39 is 11.1 Å². The Labute approximate surface area is 116 Å². The molecular weight excluding hydrogens is 286 g/mol. The minimum absolute atomic E-state index is 0.295. The molecule has 1 N–H and O–H groups in total. The highest BCUT2D eigenvalue weighted by molar-refractivity contribution is 7.79. The topological polar surface area (TPSA) is 63.3 Å². The van der Waals surface area contributed by atoms with Crippen LogP contribution >= 0.6 is 11.6 Å². The molecule has 3 aromatic rings. The maximum Gasteiger partial charge on any atom is 0.227 e. The van der Waals surface area contributed by atoms with Crippen LogP contribution in [-0.2, 0) is 11.1 Å². The number of hydrogen-bond donors (Lipinski definition) is 1. The van der Waals surface area contributed by atoms with Crippen molar-refractivity contribution in [3.63, 3.8) is 0 Å². The molecule has 4 nitrogen and oxygen atoms in total. The van der Waals surface area contributed by atoms with Crippen LogP contribution in [0.1, 0.15) is 0 Å². The monoisotopic (exact) mass is 293 g/mol. The first-order valence-corrected chi connectivity index (χ1v) is 6.89. The fourth-order valence-electron chi connectivity index (χ4n) is 1.73. The van der Waals surface area contributed by atoms with Gasteiger partial charge in [-0.3, -0.25) is 0 Å². The quantitative estimate of drug-likeness (QED) is 0.731. The Bertz CT molecular complexity index is 767. The predicted octanol–water partition coefficient (Wildman–Crippen LogP) is 3.73. The molecule has 0 bridgehead atoms. The minimum atomic E-state index is -2.02. The first kappa shape index (κ1) is 12.3. The van der Waals surface area contributed by atoms with Gasteiger partial charge in [0.25, 0.3) is 0 Å². The molecule has 19 heavy (non-hydrogen) atoms. The van der Waals surface area contributed by atoms with Gasteiger partial charge in [-0.05, 0) is 42.5 Å². The van der Waals surface area contributed by atoms with Crippen molar-refractivity contribution in [2.75, 3.05) is 0 Å². The summed E-state index contributed by atoms with van der Waals surface area (Å²) in [5.41, 5.74) is 1.91. The van der Waals surface area contributed by atoms with Crippen molar-refractivity contribution in [3.8, 4) is 11.5 Å². The summed E-state index contributed by atoms with van der Waals surface area (Å²) in [5.74, 6) is 0.451. The molecular formula is C13H8ClNO3S. The van der Waals surface area contributed by atoms with Gasteiger partial charge in [-0.15, -0.1) is 0 Å². The van der Waals surface area contributed by atoms with Crippen molar-refractivity contribution in [1.29, 1.82) is 0 Å². The van der Waals surface area contributed by atoms with Crippen molar-refractivity contribution >= 4 is 33.8 Å². The number of rotatable bonds is 2. The molecule has 0 saturated heterocycles. The first-order chi connectivity index (χ1) is 9.13. The Morgan fingerprint density at radius 1 is 1.16 bits per heavy atom. The van der Waals surface area contributed by atoms with E-state index in [1.165, 1.54) is 12.1 Å². The molecule has 0 aliphatic carbocycles. The van der Waals surface area contributed by atoms with Gasteiger partial charge in [0, 0.05) is 10.6 Å². The largest absolute Gasteiger partial charge is 0.436 e. The van der Waals surface area contributed by atoms with Gasteiger partial charge in [-0.25, -0.2) is 9.19 Å². The maximum atomic E-state index is 11.0. The maximum absolute atomic E-state index is 11.0. The molecule has 1 aromatic heterocycles. The minimum Gasteiger partial charge on any atom is -0.436 e. The number of fused-ring (bicyclic) bond motifs is 1. The second-order valence-corrected chi connectivity index (χ2v) is 5.31. The molecule has 1 unspecified atom stereocenters. The van der Waals surface area contributed by atoms with Crippen LogP contribution in [0.2, 0.25) is 5.02 Å². The van der Waals surface area contributed by atoms with Crippen molar-refractivity contribution in [2.24, 2.45) is 0 Å². The normalized spacial score (nSPS) is 12.7. The lowest BCUT2D eigenvalue weighted by Gasteiger charge is -1.94. The van der Waals surface area contributed by atoms with Gasteiger partial charge in [-0.1, -0.05) is 11.6 Å². The first-order valence-electron chi connectivity index (χ1n) is 5.41. The molecule has 0 aliphatic rings. The smallest absolute Gasteiger partial charge is 0.227 e. The van der Waals surface area contributed by atoms with Gasteiger partial charge in [0.05, 0.1) is 4.90 Å².